The second-order valence-electron chi connectivity index (χ2n) is 3.13. The maximum Gasteiger partial charge on any atom is 0.314 e. The fourth-order valence-electron chi connectivity index (χ4n) is 1.43. The molecule has 13 heavy (non-hydrogen) atoms. The van der Waals surface area contributed by atoms with Gasteiger partial charge in [0.15, 0.2) is 0 Å². The zero-order valence-corrected chi connectivity index (χ0v) is 7.66. The van der Waals surface area contributed by atoms with Gasteiger partial charge in [-0.15, -0.1) is 0 Å². The molecule has 0 aliphatic carbocycles. The first kappa shape index (κ1) is 9.83. The van der Waals surface area contributed by atoms with Crippen LogP contribution in [-0.4, -0.2) is 36.1 Å². The molecule has 1 fully saturated rings. The molecule has 1 aliphatic heterocycles. The van der Waals surface area contributed by atoms with Gasteiger partial charge in [-0.2, -0.15) is 0 Å². The molecule has 0 unspecified atom stereocenters. The van der Waals surface area contributed by atoms with Crippen LogP contribution in [0.5, 0.6) is 0 Å². The van der Waals surface area contributed by atoms with Crippen LogP contribution in [-0.2, 0) is 9.53 Å². The molecule has 5 nitrogen and oxygen atoms in total. The maximum atomic E-state index is 10.7. The molecule has 1 saturated heterocycles. The molecule has 0 atom stereocenters. The summed E-state index contributed by atoms with van der Waals surface area (Å²) in [5.41, 5.74) is 5.09. The number of carbonyl (C=O) groups is 2. The molecule has 2 amide bonds. The molecule has 5 heteroatoms. The summed E-state index contributed by atoms with van der Waals surface area (Å²) in [6, 6.07) is -0.402. The lowest BCUT2D eigenvalue weighted by Crippen LogP contribution is -2.43. The van der Waals surface area contributed by atoms with E-state index in [0.717, 1.165) is 0 Å². The number of urea groups is 1. The van der Waals surface area contributed by atoms with E-state index < -0.39 is 6.03 Å². The van der Waals surface area contributed by atoms with E-state index in [2.05, 4.69) is 0 Å². The molecular formula is C8H14N2O3. The topological polar surface area (TPSA) is 72.6 Å². The van der Waals surface area contributed by atoms with E-state index in [1.165, 1.54) is 6.92 Å². The number of carbonyl (C=O) groups excluding carboxylic acids is 2. The standard InChI is InChI=1S/C8H14N2O3/c1-6(11)13-7-2-4-10(5-3-7)8(9)12/h7H,2-5H2,1H3,(H2,9,12). The van der Waals surface area contributed by atoms with Crippen LogP contribution in [0.15, 0.2) is 0 Å². The molecule has 1 aliphatic rings. The molecule has 2 N–H and O–H groups in total. The van der Waals surface area contributed by atoms with Gasteiger partial charge in [-0.25, -0.2) is 4.79 Å². The van der Waals surface area contributed by atoms with E-state index in [0.29, 0.717) is 25.9 Å². The van der Waals surface area contributed by atoms with Gasteiger partial charge in [-0.1, -0.05) is 0 Å². The van der Waals surface area contributed by atoms with Crippen molar-refractivity contribution in [2.24, 2.45) is 5.73 Å². The molecule has 0 aromatic heterocycles. The van der Waals surface area contributed by atoms with Gasteiger partial charge in [-0.05, 0) is 0 Å². The number of likely N-dealkylation sites (tertiary alicyclic amines) is 1. The van der Waals surface area contributed by atoms with Crippen molar-refractivity contribution in [3.63, 3.8) is 0 Å². The monoisotopic (exact) mass is 186 g/mol. The van der Waals surface area contributed by atoms with Gasteiger partial charge in [0.05, 0.1) is 0 Å². The van der Waals surface area contributed by atoms with Gasteiger partial charge in [0.2, 0.25) is 0 Å². The number of nitrogens with zero attached hydrogens (tertiary/aromatic N) is 1. The van der Waals surface area contributed by atoms with Crippen LogP contribution < -0.4 is 5.73 Å². The number of hydrogen-bond acceptors (Lipinski definition) is 3. The highest BCUT2D eigenvalue weighted by atomic mass is 16.5. The van der Waals surface area contributed by atoms with Gasteiger partial charge in [0.1, 0.15) is 6.10 Å². The third kappa shape index (κ3) is 2.93. The lowest BCUT2D eigenvalue weighted by Gasteiger charge is -2.30. The third-order valence-corrected chi connectivity index (χ3v) is 2.09. The van der Waals surface area contributed by atoms with E-state index in [9.17, 15) is 9.59 Å². The van der Waals surface area contributed by atoms with E-state index in [-0.39, 0.29) is 12.1 Å². The Labute approximate surface area is 76.8 Å². The van der Waals surface area contributed by atoms with E-state index in [4.69, 9.17) is 10.5 Å². The Hall–Kier alpha value is -1.26. The average molecular weight is 186 g/mol. The highest BCUT2D eigenvalue weighted by Crippen LogP contribution is 2.13. The number of nitrogens with two attached hydrogens (primary N) is 1. The van der Waals surface area contributed by atoms with Crippen LogP contribution in [0.25, 0.3) is 0 Å². The predicted octanol–water partition coefficient (Wildman–Crippen LogP) is 0.0926. The number of primary amides is 1. The highest BCUT2D eigenvalue weighted by Gasteiger charge is 2.22. The first-order valence-electron chi connectivity index (χ1n) is 4.31. The average Bonchev–Trinajstić information content (AvgIpc) is 2.04. The molecule has 0 saturated carbocycles. The molecule has 74 valence electrons. The number of amides is 2. The summed E-state index contributed by atoms with van der Waals surface area (Å²) in [6.45, 7) is 2.54. The normalized spacial score (nSPS) is 18.4. The summed E-state index contributed by atoms with van der Waals surface area (Å²) in [4.78, 5) is 22.9. The van der Waals surface area contributed by atoms with Crippen LogP contribution >= 0.6 is 0 Å². The Morgan fingerprint density at radius 3 is 2.31 bits per heavy atom. The van der Waals surface area contributed by atoms with Crippen LogP contribution in [0.3, 0.4) is 0 Å². The minimum Gasteiger partial charge on any atom is -0.462 e. The van der Waals surface area contributed by atoms with E-state index in [1.54, 1.807) is 4.90 Å². The molecule has 0 aromatic rings. The quantitative estimate of drug-likeness (QED) is 0.590. The number of ether oxygens (including phenoxy) is 1. The van der Waals surface area contributed by atoms with Crippen molar-refractivity contribution in [1.29, 1.82) is 0 Å². The van der Waals surface area contributed by atoms with Crippen molar-refractivity contribution in [3.8, 4) is 0 Å². The van der Waals surface area contributed by atoms with Crippen LogP contribution in [0.2, 0.25) is 0 Å². The summed E-state index contributed by atoms with van der Waals surface area (Å²) >= 11 is 0. The highest BCUT2D eigenvalue weighted by molar-refractivity contribution is 5.72. The van der Waals surface area contributed by atoms with Crippen molar-refractivity contribution in [2.45, 2.75) is 25.9 Å². The first-order chi connectivity index (χ1) is 6.09. The molecule has 0 bridgehead atoms. The summed E-state index contributed by atoms with van der Waals surface area (Å²) < 4.78 is 5.00. The number of rotatable bonds is 1. The van der Waals surface area contributed by atoms with E-state index >= 15 is 0 Å². The van der Waals surface area contributed by atoms with E-state index in [1.807, 2.05) is 0 Å². The summed E-state index contributed by atoms with van der Waals surface area (Å²) in [6.07, 6.45) is 1.32. The maximum absolute atomic E-state index is 10.7. The molecule has 0 spiro atoms. The second kappa shape index (κ2) is 4.11. The summed E-state index contributed by atoms with van der Waals surface area (Å²) in [5, 5.41) is 0. The Kier molecular flexibility index (Phi) is 3.11. The molecule has 1 rings (SSSR count). The molecule has 0 radical (unpaired) electrons. The zero-order valence-electron chi connectivity index (χ0n) is 7.66. The van der Waals surface area contributed by atoms with Crippen LogP contribution in [0.4, 0.5) is 4.79 Å². The Morgan fingerprint density at radius 2 is 1.92 bits per heavy atom. The fourth-order valence-corrected chi connectivity index (χ4v) is 1.43. The van der Waals surface area contributed by atoms with Gasteiger partial charge in [-0.3, -0.25) is 4.79 Å². The molecular weight excluding hydrogens is 172 g/mol. The van der Waals surface area contributed by atoms with Crippen molar-refractivity contribution in [1.82, 2.24) is 4.90 Å². The van der Waals surface area contributed by atoms with Crippen LogP contribution in [0, 0.1) is 0 Å². The Bertz CT molecular complexity index is 209. The van der Waals surface area contributed by atoms with Crippen molar-refractivity contribution in [3.05, 3.63) is 0 Å². The van der Waals surface area contributed by atoms with Gasteiger partial charge < -0.3 is 15.4 Å². The van der Waals surface area contributed by atoms with Gasteiger partial charge in [0.25, 0.3) is 0 Å². The number of piperidine rings is 1. The minimum absolute atomic E-state index is 0.0481. The minimum atomic E-state index is -0.402. The lowest BCUT2D eigenvalue weighted by atomic mass is 10.1. The Morgan fingerprint density at radius 1 is 1.38 bits per heavy atom. The smallest absolute Gasteiger partial charge is 0.314 e. The largest absolute Gasteiger partial charge is 0.462 e. The lowest BCUT2D eigenvalue weighted by molar-refractivity contribution is -0.148. The predicted molar refractivity (Wildman–Crippen MR) is 45.9 cm³/mol. The van der Waals surface area contributed by atoms with Gasteiger partial charge in [0, 0.05) is 32.9 Å². The second-order valence-corrected chi connectivity index (χ2v) is 3.13. The summed E-state index contributed by atoms with van der Waals surface area (Å²) in [5.74, 6) is -0.266. The van der Waals surface area contributed by atoms with Crippen molar-refractivity contribution >= 4 is 12.0 Å². The molecule has 1 heterocycles. The zero-order chi connectivity index (χ0) is 9.84. The number of esters is 1. The first-order valence-corrected chi connectivity index (χ1v) is 4.31. The third-order valence-electron chi connectivity index (χ3n) is 2.09. The Balaban J connectivity index is 2.30. The SMILES string of the molecule is CC(=O)OC1CCN(C(N)=O)CC1. The molecule has 0 aromatic carbocycles. The van der Waals surface area contributed by atoms with Crippen molar-refractivity contribution < 1.29 is 14.3 Å². The van der Waals surface area contributed by atoms with Gasteiger partial charge >= 0.3 is 12.0 Å². The summed E-state index contributed by atoms with van der Waals surface area (Å²) in [7, 11) is 0. The van der Waals surface area contributed by atoms with Crippen LogP contribution in [0.1, 0.15) is 19.8 Å². The fraction of sp³-hybridized carbons (Fsp3) is 0.750. The number of hydrogen-bond donors (Lipinski definition) is 1. The van der Waals surface area contributed by atoms with Crippen molar-refractivity contribution in [2.75, 3.05) is 13.1 Å².